The smallest absolute Gasteiger partial charge is 0.190 e. The molecule has 2 fully saturated rings. The van der Waals surface area contributed by atoms with E-state index in [1.165, 1.54) is 0 Å². The number of sulfone groups is 1. The van der Waals surface area contributed by atoms with Crippen molar-refractivity contribution in [2.45, 2.75) is 82.0 Å². The Labute approximate surface area is 167 Å². The van der Waals surface area contributed by atoms with Crippen LogP contribution in [0, 0.1) is 6.92 Å². The third-order valence-corrected chi connectivity index (χ3v) is 6.81. The van der Waals surface area contributed by atoms with Crippen molar-refractivity contribution in [3.8, 4) is 0 Å². The lowest BCUT2D eigenvalue weighted by atomic mass is 10.0. The van der Waals surface area contributed by atoms with Crippen LogP contribution < -0.4 is 5.32 Å². The second kappa shape index (κ2) is 8.01. The van der Waals surface area contributed by atoms with Gasteiger partial charge in [-0.15, -0.1) is 0 Å². The molecule has 2 aliphatic rings. The summed E-state index contributed by atoms with van der Waals surface area (Å²) in [6.07, 6.45) is -1.93. The van der Waals surface area contributed by atoms with Crippen LogP contribution in [0.3, 0.4) is 0 Å². The van der Waals surface area contributed by atoms with E-state index in [0.717, 1.165) is 5.56 Å². The number of fused-ring (bicyclic) bond motifs is 1. The molecule has 0 aliphatic carbocycles. The SMILES string of the molecule is CO[C@@H]1[C@H]2OC(C)(C)O[C@H]2O[C@@H]1[C@H](CS(=O)(=O)c1ccc(C)cc1)NC(C)C. The predicted octanol–water partition coefficient (Wildman–Crippen LogP) is 2.03. The third kappa shape index (κ3) is 4.58. The number of aryl methyl sites for hydroxylation is 1. The number of rotatable bonds is 7. The molecule has 2 aliphatic heterocycles. The van der Waals surface area contributed by atoms with E-state index in [1.54, 1.807) is 31.4 Å². The van der Waals surface area contributed by atoms with Crippen molar-refractivity contribution in [2.75, 3.05) is 12.9 Å². The summed E-state index contributed by atoms with van der Waals surface area (Å²) in [6.45, 7) is 9.51. The first kappa shape index (κ1) is 21.7. The zero-order valence-corrected chi connectivity index (χ0v) is 18.2. The zero-order chi connectivity index (χ0) is 20.7. The van der Waals surface area contributed by atoms with Gasteiger partial charge in [-0.1, -0.05) is 31.5 Å². The molecule has 0 aromatic heterocycles. The van der Waals surface area contributed by atoms with Gasteiger partial charge in [0.2, 0.25) is 0 Å². The van der Waals surface area contributed by atoms with E-state index >= 15 is 0 Å². The van der Waals surface area contributed by atoms with Crippen LogP contribution in [0.4, 0.5) is 0 Å². The number of hydrogen-bond donors (Lipinski definition) is 1. The molecule has 1 aromatic rings. The summed E-state index contributed by atoms with van der Waals surface area (Å²) in [5, 5.41) is 3.34. The molecule has 0 unspecified atom stereocenters. The summed E-state index contributed by atoms with van der Waals surface area (Å²) in [4.78, 5) is 0.300. The van der Waals surface area contributed by atoms with Gasteiger partial charge in [0.1, 0.15) is 18.3 Å². The lowest BCUT2D eigenvalue weighted by Crippen LogP contribution is -2.53. The maximum atomic E-state index is 13.0. The molecular formula is C20H31NO6S. The topological polar surface area (TPSA) is 83.1 Å². The summed E-state index contributed by atoms with van der Waals surface area (Å²) >= 11 is 0. The zero-order valence-electron chi connectivity index (χ0n) is 17.3. The maximum absolute atomic E-state index is 13.0. The molecule has 2 heterocycles. The van der Waals surface area contributed by atoms with Crippen molar-refractivity contribution in [1.82, 2.24) is 5.32 Å². The molecule has 7 nitrogen and oxygen atoms in total. The Balaban J connectivity index is 1.83. The predicted molar refractivity (Wildman–Crippen MR) is 105 cm³/mol. The van der Waals surface area contributed by atoms with Crippen LogP contribution in [-0.4, -0.2) is 63.8 Å². The van der Waals surface area contributed by atoms with Gasteiger partial charge < -0.3 is 24.3 Å². The molecule has 2 saturated heterocycles. The minimum atomic E-state index is -3.52. The first-order valence-corrected chi connectivity index (χ1v) is 11.3. The van der Waals surface area contributed by atoms with Crippen LogP contribution >= 0.6 is 0 Å². The van der Waals surface area contributed by atoms with E-state index < -0.39 is 46.3 Å². The summed E-state index contributed by atoms with van der Waals surface area (Å²) in [6, 6.07) is 6.48. The number of methoxy groups -OCH3 is 1. The number of ether oxygens (including phenoxy) is 4. The van der Waals surface area contributed by atoms with E-state index in [0.29, 0.717) is 4.90 Å². The average Bonchev–Trinajstić information content (AvgIpc) is 3.05. The number of nitrogens with one attached hydrogen (secondary N) is 1. The fourth-order valence-corrected chi connectivity index (χ4v) is 5.34. The second-order valence-electron chi connectivity index (χ2n) is 8.29. The minimum absolute atomic E-state index is 0.0676. The normalized spacial score (nSPS) is 30.5. The molecular weight excluding hydrogens is 382 g/mol. The summed E-state index contributed by atoms with van der Waals surface area (Å²) in [7, 11) is -1.93. The molecule has 1 aromatic carbocycles. The Bertz CT molecular complexity index is 776. The summed E-state index contributed by atoms with van der Waals surface area (Å²) in [5.74, 6) is -0.867. The fraction of sp³-hybridized carbons (Fsp3) is 0.700. The van der Waals surface area contributed by atoms with Gasteiger partial charge in [-0.25, -0.2) is 8.42 Å². The van der Waals surface area contributed by atoms with Crippen molar-refractivity contribution in [1.29, 1.82) is 0 Å². The Hall–Kier alpha value is -1.03. The molecule has 0 spiro atoms. The minimum Gasteiger partial charge on any atom is -0.376 e. The number of benzene rings is 1. The molecule has 28 heavy (non-hydrogen) atoms. The molecule has 8 heteroatoms. The monoisotopic (exact) mass is 413 g/mol. The Morgan fingerprint density at radius 1 is 1.18 bits per heavy atom. The van der Waals surface area contributed by atoms with E-state index in [1.807, 2.05) is 34.6 Å². The summed E-state index contributed by atoms with van der Waals surface area (Å²) < 4.78 is 49.6. The molecule has 0 saturated carbocycles. The highest BCUT2D eigenvalue weighted by atomic mass is 32.2. The van der Waals surface area contributed by atoms with Gasteiger partial charge in [-0.3, -0.25) is 0 Å². The van der Waals surface area contributed by atoms with Gasteiger partial charge in [-0.05, 0) is 32.9 Å². The standard InChI is InChI=1S/C20H31NO6S/c1-12(2)21-15(11-28(22,23)14-9-7-13(3)8-10-14)16-17(24-6)18-19(25-16)27-20(4,5)26-18/h7-10,12,15-19,21H,11H2,1-6H3/t15-,16+,17-,18+,19+/m0/s1. The first-order chi connectivity index (χ1) is 13.0. The van der Waals surface area contributed by atoms with Gasteiger partial charge in [0.15, 0.2) is 21.9 Å². The fourth-order valence-electron chi connectivity index (χ4n) is 3.84. The maximum Gasteiger partial charge on any atom is 0.190 e. The Morgan fingerprint density at radius 2 is 1.82 bits per heavy atom. The average molecular weight is 414 g/mol. The van der Waals surface area contributed by atoms with E-state index in [-0.39, 0.29) is 11.8 Å². The second-order valence-corrected chi connectivity index (χ2v) is 10.3. The Morgan fingerprint density at radius 3 is 2.39 bits per heavy atom. The van der Waals surface area contributed by atoms with E-state index in [2.05, 4.69) is 5.32 Å². The highest BCUT2D eigenvalue weighted by Crippen LogP contribution is 2.39. The third-order valence-electron chi connectivity index (χ3n) is 5.02. The lowest BCUT2D eigenvalue weighted by Gasteiger charge is -2.32. The van der Waals surface area contributed by atoms with Crippen molar-refractivity contribution in [3.05, 3.63) is 29.8 Å². The van der Waals surface area contributed by atoms with E-state index in [4.69, 9.17) is 18.9 Å². The molecule has 3 rings (SSSR count). The summed E-state index contributed by atoms with van der Waals surface area (Å²) in [5.41, 5.74) is 1.01. The van der Waals surface area contributed by atoms with Gasteiger partial charge in [-0.2, -0.15) is 0 Å². The van der Waals surface area contributed by atoms with Crippen LogP contribution in [0.1, 0.15) is 33.3 Å². The highest BCUT2D eigenvalue weighted by molar-refractivity contribution is 7.91. The molecule has 0 amide bonds. The van der Waals surface area contributed by atoms with Crippen molar-refractivity contribution in [3.63, 3.8) is 0 Å². The van der Waals surface area contributed by atoms with Crippen LogP contribution in [0.15, 0.2) is 29.2 Å². The lowest BCUT2D eigenvalue weighted by molar-refractivity contribution is -0.219. The van der Waals surface area contributed by atoms with Crippen molar-refractivity contribution >= 4 is 9.84 Å². The van der Waals surface area contributed by atoms with Crippen LogP contribution in [0.5, 0.6) is 0 Å². The van der Waals surface area contributed by atoms with Crippen LogP contribution in [-0.2, 0) is 28.8 Å². The molecule has 0 radical (unpaired) electrons. The van der Waals surface area contributed by atoms with Crippen molar-refractivity contribution in [2.24, 2.45) is 0 Å². The van der Waals surface area contributed by atoms with Gasteiger partial charge in [0, 0.05) is 13.2 Å². The van der Waals surface area contributed by atoms with Gasteiger partial charge in [0.05, 0.1) is 16.7 Å². The first-order valence-electron chi connectivity index (χ1n) is 9.62. The van der Waals surface area contributed by atoms with Crippen LogP contribution in [0.2, 0.25) is 0 Å². The quantitative estimate of drug-likeness (QED) is 0.732. The molecule has 5 atom stereocenters. The van der Waals surface area contributed by atoms with Crippen molar-refractivity contribution < 1.29 is 27.4 Å². The van der Waals surface area contributed by atoms with E-state index in [9.17, 15) is 8.42 Å². The largest absolute Gasteiger partial charge is 0.376 e. The molecule has 1 N–H and O–H groups in total. The van der Waals surface area contributed by atoms with Gasteiger partial charge >= 0.3 is 0 Å². The highest BCUT2D eigenvalue weighted by Gasteiger charge is 2.57. The number of hydrogen-bond acceptors (Lipinski definition) is 7. The van der Waals surface area contributed by atoms with Gasteiger partial charge in [0.25, 0.3) is 0 Å². The van der Waals surface area contributed by atoms with Crippen LogP contribution in [0.25, 0.3) is 0 Å². The Kier molecular flexibility index (Phi) is 6.20. The molecule has 0 bridgehead atoms. The molecule has 158 valence electrons.